The Bertz CT molecular complexity index is 588. The molecule has 0 aliphatic rings. The molecule has 0 saturated heterocycles. The first-order chi connectivity index (χ1) is 13.7. The van der Waals surface area contributed by atoms with E-state index in [2.05, 4.69) is 26.7 Å². The minimum atomic E-state index is -6.65. The number of halogens is 8. The third-order valence-corrected chi connectivity index (χ3v) is 3.58. The van der Waals surface area contributed by atoms with Gasteiger partial charge in [-0.1, -0.05) is 6.58 Å². The normalized spacial score (nSPS) is 13.1. The number of carbonyl (C=O) groups excluding carboxylic acids is 2. The van der Waals surface area contributed by atoms with Gasteiger partial charge in [-0.3, -0.25) is 4.79 Å². The maximum Gasteiger partial charge on any atom is 0.381 e. The zero-order valence-corrected chi connectivity index (χ0v) is 15.9. The third-order valence-electron chi connectivity index (χ3n) is 3.58. The minimum Gasteiger partial charge on any atom is -0.459 e. The second kappa shape index (κ2) is 11.4. The molecular weight excluding hydrogens is 436 g/mol. The molecule has 0 aliphatic heterocycles. The molecule has 0 fully saturated rings. The van der Waals surface area contributed by atoms with Crippen LogP contribution < -0.4 is 10.6 Å². The summed E-state index contributed by atoms with van der Waals surface area (Å²) in [6.07, 6.45) is 0.377. The highest BCUT2D eigenvalue weighted by molar-refractivity contribution is 5.81. The average Bonchev–Trinajstić information content (AvgIpc) is 2.66. The fourth-order valence-corrected chi connectivity index (χ4v) is 1.81. The summed E-state index contributed by atoms with van der Waals surface area (Å²) in [7, 11) is 1.69. The van der Waals surface area contributed by atoms with E-state index >= 15 is 0 Å². The number of ether oxygens (including phenoxy) is 2. The lowest BCUT2D eigenvalue weighted by atomic mass is 9.99. The van der Waals surface area contributed by atoms with Crippen molar-refractivity contribution in [2.45, 2.75) is 36.5 Å². The summed E-state index contributed by atoms with van der Waals surface area (Å²) in [6.45, 7) is -1.40. The Balaban J connectivity index is 4.91. The summed E-state index contributed by atoms with van der Waals surface area (Å²) < 4.78 is 116. The molecule has 0 aromatic carbocycles. The number of hydrogen-bond acceptors (Lipinski definition) is 6. The van der Waals surface area contributed by atoms with Crippen molar-refractivity contribution in [3.63, 3.8) is 0 Å². The smallest absolute Gasteiger partial charge is 0.381 e. The molecule has 0 atom stereocenters. The monoisotopic (exact) mass is 458 g/mol. The zero-order chi connectivity index (χ0) is 23.6. The molecule has 0 rings (SSSR count). The number of hydrogen-bond donors (Lipinski definition) is 2. The van der Waals surface area contributed by atoms with E-state index in [-0.39, 0.29) is 12.6 Å². The lowest BCUT2D eigenvalue weighted by Crippen LogP contribution is -2.64. The van der Waals surface area contributed by atoms with Gasteiger partial charge in [0.15, 0.2) is 13.2 Å². The van der Waals surface area contributed by atoms with Crippen molar-refractivity contribution in [1.29, 1.82) is 0 Å². The van der Waals surface area contributed by atoms with Gasteiger partial charge < -0.3 is 20.1 Å². The first-order valence-corrected chi connectivity index (χ1v) is 8.47. The van der Waals surface area contributed by atoms with Crippen molar-refractivity contribution >= 4 is 11.9 Å². The van der Waals surface area contributed by atoms with E-state index in [0.29, 0.717) is 19.5 Å². The highest BCUT2D eigenvalue weighted by Crippen LogP contribution is 2.52. The van der Waals surface area contributed by atoms with E-state index in [1.807, 2.05) is 0 Å². The van der Waals surface area contributed by atoms with Crippen LogP contribution in [0.5, 0.6) is 0 Å². The maximum absolute atomic E-state index is 13.6. The van der Waals surface area contributed by atoms with Crippen molar-refractivity contribution < 1.29 is 54.2 Å². The van der Waals surface area contributed by atoms with Crippen LogP contribution in [-0.2, 0) is 19.1 Å². The fourth-order valence-electron chi connectivity index (χ4n) is 1.81. The van der Waals surface area contributed by atoms with Crippen molar-refractivity contribution in [2.24, 2.45) is 0 Å². The van der Waals surface area contributed by atoms with Crippen molar-refractivity contribution in [2.75, 3.05) is 39.9 Å². The summed E-state index contributed by atoms with van der Waals surface area (Å²) in [5, 5.41) is 5.53. The molecule has 0 saturated carbocycles. The Morgan fingerprint density at radius 1 is 0.867 bits per heavy atom. The van der Waals surface area contributed by atoms with Crippen LogP contribution in [0.15, 0.2) is 12.7 Å². The number of esters is 2. The summed E-state index contributed by atoms with van der Waals surface area (Å²) in [4.78, 5) is 22.0. The summed E-state index contributed by atoms with van der Waals surface area (Å²) >= 11 is 0. The predicted molar refractivity (Wildman–Crippen MR) is 87.9 cm³/mol. The molecule has 14 heteroatoms. The molecule has 0 heterocycles. The molecule has 0 unspecified atom stereocenters. The predicted octanol–water partition coefficient (Wildman–Crippen LogP) is 2.39. The van der Waals surface area contributed by atoms with E-state index in [1.54, 1.807) is 7.05 Å². The second-order valence-corrected chi connectivity index (χ2v) is 5.99. The van der Waals surface area contributed by atoms with Gasteiger partial charge in [0, 0.05) is 12.6 Å². The Hall–Kier alpha value is -1.96. The van der Waals surface area contributed by atoms with Crippen LogP contribution in [0.25, 0.3) is 0 Å². The standard InChI is InChI=1S/C16H22F8N2O4/c1-3-11(27)29-9-13(17,18)15(21,22)16(23,24)14(19,20)10-30-12(28)5-8-26-7-4-6-25-2/h3,25-26H,1,4-10H2,2H3. The van der Waals surface area contributed by atoms with Crippen LogP contribution in [0.3, 0.4) is 0 Å². The highest BCUT2D eigenvalue weighted by atomic mass is 19.4. The van der Waals surface area contributed by atoms with Gasteiger partial charge in [0.25, 0.3) is 0 Å². The van der Waals surface area contributed by atoms with E-state index < -0.39 is 55.3 Å². The Labute approximate surface area is 166 Å². The van der Waals surface area contributed by atoms with Gasteiger partial charge in [-0.15, -0.1) is 0 Å². The summed E-state index contributed by atoms with van der Waals surface area (Å²) in [5.74, 6) is -28.1. The topological polar surface area (TPSA) is 76.7 Å². The van der Waals surface area contributed by atoms with Crippen LogP contribution in [0.1, 0.15) is 12.8 Å². The largest absolute Gasteiger partial charge is 0.459 e. The van der Waals surface area contributed by atoms with Crippen molar-refractivity contribution in [1.82, 2.24) is 10.6 Å². The zero-order valence-electron chi connectivity index (χ0n) is 15.9. The Kier molecular flexibility index (Phi) is 10.7. The molecule has 0 spiro atoms. The molecule has 30 heavy (non-hydrogen) atoms. The number of rotatable bonds is 15. The van der Waals surface area contributed by atoms with Crippen molar-refractivity contribution in [3.8, 4) is 0 Å². The van der Waals surface area contributed by atoms with E-state index in [9.17, 15) is 44.7 Å². The molecule has 0 amide bonds. The molecule has 0 aliphatic carbocycles. The lowest BCUT2D eigenvalue weighted by molar-refractivity contribution is -0.374. The van der Waals surface area contributed by atoms with Gasteiger partial charge in [-0.05, 0) is 26.6 Å². The van der Waals surface area contributed by atoms with E-state index in [1.165, 1.54) is 0 Å². The molecule has 0 aromatic rings. The molecule has 176 valence electrons. The molecule has 0 radical (unpaired) electrons. The highest BCUT2D eigenvalue weighted by Gasteiger charge is 2.81. The second-order valence-electron chi connectivity index (χ2n) is 5.99. The maximum atomic E-state index is 13.6. The van der Waals surface area contributed by atoms with Gasteiger partial charge in [-0.2, -0.15) is 35.1 Å². The van der Waals surface area contributed by atoms with Crippen LogP contribution in [-0.4, -0.2) is 75.5 Å². The molecule has 0 aromatic heterocycles. The molecule has 2 N–H and O–H groups in total. The van der Waals surface area contributed by atoms with Crippen LogP contribution in [0, 0.1) is 0 Å². The van der Waals surface area contributed by atoms with E-state index in [4.69, 9.17) is 0 Å². The van der Waals surface area contributed by atoms with Gasteiger partial charge in [0.2, 0.25) is 0 Å². The summed E-state index contributed by atoms with van der Waals surface area (Å²) in [6, 6.07) is 0. The molecular formula is C16H22F8N2O4. The van der Waals surface area contributed by atoms with E-state index in [0.717, 1.165) is 0 Å². The lowest BCUT2D eigenvalue weighted by Gasteiger charge is -2.36. The van der Waals surface area contributed by atoms with Gasteiger partial charge in [-0.25, -0.2) is 4.79 Å². The van der Waals surface area contributed by atoms with Crippen LogP contribution in [0.2, 0.25) is 0 Å². The third kappa shape index (κ3) is 7.38. The van der Waals surface area contributed by atoms with Gasteiger partial charge in [0.1, 0.15) is 0 Å². The fraction of sp³-hybridized carbons (Fsp3) is 0.750. The van der Waals surface area contributed by atoms with Gasteiger partial charge >= 0.3 is 35.6 Å². The molecule has 0 bridgehead atoms. The first-order valence-electron chi connectivity index (χ1n) is 8.47. The minimum absolute atomic E-state index is 0.0760. The number of carbonyl (C=O) groups is 2. The Morgan fingerprint density at radius 3 is 1.83 bits per heavy atom. The van der Waals surface area contributed by atoms with Crippen LogP contribution >= 0.6 is 0 Å². The van der Waals surface area contributed by atoms with Gasteiger partial charge in [0.05, 0.1) is 6.42 Å². The SMILES string of the molecule is C=CC(=O)OCC(F)(F)C(F)(F)C(F)(F)C(F)(F)COC(=O)CCNCCCNC. The average molecular weight is 458 g/mol. The number of nitrogens with one attached hydrogen (secondary N) is 2. The van der Waals surface area contributed by atoms with Crippen molar-refractivity contribution in [3.05, 3.63) is 12.7 Å². The molecule has 6 nitrogen and oxygen atoms in total. The number of alkyl halides is 8. The Morgan fingerprint density at radius 2 is 1.37 bits per heavy atom. The summed E-state index contributed by atoms with van der Waals surface area (Å²) in [5.41, 5.74) is 0. The van der Waals surface area contributed by atoms with Crippen LogP contribution in [0.4, 0.5) is 35.1 Å². The first kappa shape index (κ1) is 28.0. The quantitative estimate of drug-likeness (QED) is 0.170.